The van der Waals surface area contributed by atoms with Crippen LogP contribution in [0.4, 0.5) is 27.8 Å². The van der Waals surface area contributed by atoms with Crippen LogP contribution in [-0.4, -0.2) is 38.4 Å². The summed E-state index contributed by atoms with van der Waals surface area (Å²) in [5, 5.41) is 14.9. The van der Waals surface area contributed by atoms with E-state index in [0.717, 1.165) is 29.1 Å². The SMILES string of the molecule is Cn1cc(C(=O)NC(=NCC(C)(C)C)Nc2cc(-c3cc(F)cc(F)c3)[nH]n2)c(C(F)(F)F)n1. The van der Waals surface area contributed by atoms with Gasteiger partial charge in [-0.15, -0.1) is 0 Å². The summed E-state index contributed by atoms with van der Waals surface area (Å²) in [6, 6.07) is 4.31. The molecule has 0 spiro atoms. The van der Waals surface area contributed by atoms with Crippen LogP contribution in [0.5, 0.6) is 0 Å². The largest absolute Gasteiger partial charge is 0.435 e. The molecule has 3 aromatic rings. The number of carbonyl (C=O) groups is 1. The minimum absolute atomic E-state index is 0.106. The molecular weight excluding hydrogens is 461 g/mol. The van der Waals surface area contributed by atoms with Crippen LogP contribution >= 0.6 is 0 Å². The molecule has 0 radical (unpaired) electrons. The number of aromatic amines is 1. The molecule has 8 nitrogen and oxygen atoms in total. The molecule has 1 aromatic carbocycles. The standard InChI is InChI=1S/C21H22F5N7O/c1-20(2,3)10-27-19(29-18(34)14-9-33(4)32-17(14)21(24,25)26)28-16-8-15(30-31-16)11-5-12(22)7-13(23)6-11/h5-9H,10H2,1-4H3,(H3,27,28,29,30,31,34). The number of alkyl halides is 3. The molecule has 182 valence electrons. The normalized spacial score (nSPS) is 12.7. The van der Waals surface area contributed by atoms with Gasteiger partial charge in [0, 0.05) is 37.5 Å². The molecule has 3 N–H and O–H groups in total. The molecule has 1 amide bonds. The molecule has 13 heteroatoms. The van der Waals surface area contributed by atoms with E-state index >= 15 is 0 Å². The first-order chi connectivity index (χ1) is 15.7. The minimum atomic E-state index is -4.83. The van der Waals surface area contributed by atoms with Crippen molar-refractivity contribution in [1.82, 2.24) is 25.3 Å². The van der Waals surface area contributed by atoms with E-state index in [2.05, 4.69) is 30.9 Å². The van der Waals surface area contributed by atoms with Crippen LogP contribution < -0.4 is 10.6 Å². The zero-order chi connectivity index (χ0) is 25.3. The van der Waals surface area contributed by atoms with Gasteiger partial charge in [-0.1, -0.05) is 20.8 Å². The number of nitrogens with one attached hydrogen (secondary N) is 3. The first kappa shape index (κ1) is 24.9. The summed E-state index contributed by atoms with van der Waals surface area (Å²) >= 11 is 0. The van der Waals surface area contributed by atoms with Crippen molar-refractivity contribution in [3.63, 3.8) is 0 Å². The Bertz CT molecular complexity index is 1200. The van der Waals surface area contributed by atoms with Crippen LogP contribution in [0.1, 0.15) is 36.8 Å². The van der Waals surface area contributed by atoms with Gasteiger partial charge in [-0.3, -0.25) is 24.9 Å². The smallest absolute Gasteiger partial charge is 0.309 e. The number of hydrogen-bond acceptors (Lipinski definition) is 4. The Morgan fingerprint density at radius 2 is 1.76 bits per heavy atom. The second-order valence-electron chi connectivity index (χ2n) is 8.69. The molecule has 2 aromatic heterocycles. The Balaban J connectivity index is 1.87. The van der Waals surface area contributed by atoms with Gasteiger partial charge in [-0.25, -0.2) is 8.78 Å². The number of guanidine groups is 1. The summed E-state index contributed by atoms with van der Waals surface area (Å²) in [4.78, 5) is 16.9. The number of hydrogen-bond donors (Lipinski definition) is 3. The Hall–Kier alpha value is -3.77. The summed E-state index contributed by atoms with van der Waals surface area (Å²) in [7, 11) is 1.26. The average molecular weight is 483 g/mol. The van der Waals surface area contributed by atoms with Gasteiger partial charge in [-0.2, -0.15) is 23.4 Å². The van der Waals surface area contributed by atoms with Crippen molar-refractivity contribution in [2.45, 2.75) is 26.9 Å². The second kappa shape index (κ2) is 9.23. The molecule has 34 heavy (non-hydrogen) atoms. The van der Waals surface area contributed by atoms with Crippen molar-refractivity contribution in [3.05, 3.63) is 53.4 Å². The van der Waals surface area contributed by atoms with Gasteiger partial charge in [0.1, 0.15) is 11.6 Å². The van der Waals surface area contributed by atoms with Crippen LogP contribution in [0.15, 0.2) is 35.5 Å². The summed E-state index contributed by atoms with van der Waals surface area (Å²) in [5.41, 5.74) is -1.88. The lowest BCUT2D eigenvalue weighted by molar-refractivity contribution is -0.141. The predicted octanol–water partition coefficient (Wildman–Crippen LogP) is 4.35. The van der Waals surface area contributed by atoms with Gasteiger partial charge >= 0.3 is 6.18 Å². The highest BCUT2D eigenvalue weighted by Crippen LogP contribution is 2.30. The summed E-state index contributed by atoms with van der Waals surface area (Å²) in [6.45, 7) is 5.85. The lowest BCUT2D eigenvalue weighted by Crippen LogP contribution is -2.37. The maximum Gasteiger partial charge on any atom is 0.435 e. The first-order valence-corrected chi connectivity index (χ1v) is 9.97. The van der Waals surface area contributed by atoms with Crippen LogP contribution in [0.25, 0.3) is 11.3 Å². The highest BCUT2D eigenvalue weighted by Gasteiger charge is 2.39. The molecule has 0 fully saturated rings. The van der Waals surface area contributed by atoms with Crippen molar-refractivity contribution in [1.29, 1.82) is 0 Å². The molecule has 0 unspecified atom stereocenters. The van der Waals surface area contributed by atoms with E-state index in [1.165, 1.54) is 13.1 Å². The zero-order valence-corrected chi connectivity index (χ0v) is 18.7. The number of H-pyrrole nitrogens is 1. The van der Waals surface area contributed by atoms with Gasteiger partial charge < -0.3 is 5.32 Å². The third-order valence-electron chi connectivity index (χ3n) is 4.28. The molecule has 0 aliphatic rings. The maximum absolute atomic E-state index is 13.5. The molecule has 0 atom stereocenters. The molecule has 0 aliphatic carbocycles. The Morgan fingerprint density at radius 1 is 1.12 bits per heavy atom. The van der Waals surface area contributed by atoms with Crippen molar-refractivity contribution < 1.29 is 26.7 Å². The van der Waals surface area contributed by atoms with E-state index in [9.17, 15) is 26.7 Å². The highest BCUT2D eigenvalue weighted by molar-refractivity contribution is 6.10. The second-order valence-corrected chi connectivity index (χ2v) is 8.69. The van der Waals surface area contributed by atoms with Gasteiger partial charge in [-0.05, 0) is 17.5 Å². The number of aryl methyl sites for hydroxylation is 1. The number of anilines is 1. The number of aromatic nitrogens is 4. The van der Waals surface area contributed by atoms with Crippen LogP contribution in [0.2, 0.25) is 0 Å². The lowest BCUT2D eigenvalue weighted by atomic mass is 9.97. The predicted molar refractivity (Wildman–Crippen MR) is 115 cm³/mol. The van der Waals surface area contributed by atoms with E-state index in [0.29, 0.717) is 0 Å². The van der Waals surface area contributed by atoms with Gasteiger partial charge in [0.05, 0.1) is 11.3 Å². The quantitative estimate of drug-likeness (QED) is 0.292. The number of aliphatic imine (C=N–C) groups is 1. The Labute approximate surface area is 191 Å². The fourth-order valence-corrected chi connectivity index (χ4v) is 2.83. The van der Waals surface area contributed by atoms with Crippen LogP contribution in [0, 0.1) is 17.0 Å². The Kier molecular flexibility index (Phi) is 6.75. The summed E-state index contributed by atoms with van der Waals surface area (Å²) < 4.78 is 67.7. The number of nitrogens with zero attached hydrogens (tertiary/aromatic N) is 4. The van der Waals surface area contributed by atoms with Crippen molar-refractivity contribution >= 4 is 17.7 Å². The van der Waals surface area contributed by atoms with E-state index in [1.54, 1.807) is 0 Å². The molecule has 0 saturated heterocycles. The molecule has 2 heterocycles. The van der Waals surface area contributed by atoms with Gasteiger partial charge in [0.2, 0.25) is 5.96 Å². The molecular formula is C21H22F5N7O. The summed E-state index contributed by atoms with van der Waals surface area (Å²) in [5.74, 6) is -2.70. The number of rotatable bonds is 4. The monoisotopic (exact) mass is 483 g/mol. The topological polar surface area (TPSA) is 100.0 Å². The number of benzene rings is 1. The third-order valence-corrected chi connectivity index (χ3v) is 4.28. The molecule has 0 saturated carbocycles. The Morgan fingerprint density at radius 3 is 2.35 bits per heavy atom. The van der Waals surface area contributed by atoms with Gasteiger partial charge in [0.25, 0.3) is 5.91 Å². The van der Waals surface area contributed by atoms with Crippen molar-refractivity contribution in [2.75, 3.05) is 11.9 Å². The van der Waals surface area contributed by atoms with Crippen LogP contribution in [-0.2, 0) is 13.2 Å². The lowest BCUT2D eigenvalue weighted by Gasteiger charge is -2.16. The van der Waals surface area contributed by atoms with E-state index in [1.807, 2.05) is 20.8 Å². The first-order valence-electron chi connectivity index (χ1n) is 9.97. The van der Waals surface area contributed by atoms with Crippen molar-refractivity contribution in [2.24, 2.45) is 17.5 Å². The van der Waals surface area contributed by atoms with Crippen LogP contribution in [0.3, 0.4) is 0 Å². The average Bonchev–Trinajstić information content (AvgIpc) is 3.31. The molecule has 0 bridgehead atoms. The zero-order valence-electron chi connectivity index (χ0n) is 18.7. The molecule has 3 rings (SSSR count). The van der Waals surface area contributed by atoms with E-state index in [4.69, 9.17) is 0 Å². The highest BCUT2D eigenvalue weighted by atomic mass is 19.4. The number of amides is 1. The fraction of sp³-hybridized carbons (Fsp3) is 0.333. The fourth-order valence-electron chi connectivity index (χ4n) is 2.83. The number of carbonyl (C=O) groups excluding carboxylic acids is 1. The van der Waals surface area contributed by atoms with Gasteiger partial charge in [0.15, 0.2) is 11.5 Å². The maximum atomic E-state index is 13.5. The van der Waals surface area contributed by atoms with Crippen molar-refractivity contribution in [3.8, 4) is 11.3 Å². The van der Waals surface area contributed by atoms with E-state index in [-0.39, 0.29) is 35.0 Å². The summed E-state index contributed by atoms with van der Waals surface area (Å²) in [6.07, 6.45) is -3.88. The third kappa shape index (κ3) is 6.39. The van der Waals surface area contributed by atoms with E-state index < -0.39 is 35.0 Å². The molecule has 0 aliphatic heterocycles. The number of halogens is 5. The minimum Gasteiger partial charge on any atom is -0.309 e.